The molecule has 11 nitrogen and oxygen atoms in total. The first-order valence-corrected chi connectivity index (χ1v) is 9.69. The normalized spacial score (nSPS) is 15.5. The van der Waals surface area contributed by atoms with Crippen LogP contribution in [0.3, 0.4) is 0 Å². The van der Waals surface area contributed by atoms with Crippen molar-refractivity contribution < 1.29 is 0 Å². The molecule has 0 unspecified atom stereocenters. The van der Waals surface area contributed by atoms with Gasteiger partial charge in [0.05, 0.1) is 60.5 Å². The van der Waals surface area contributed by atoms with Crippen molar-refractivity contribution in [2.24, 2.45) is 7.05 Å². The van der Waals surface area contributed by atoms with E-state index in [-0.39, 0.29) is 6.42 Å². The Hall–Kier alpha value is -4.22. The molecule has 5 heterocycles. The minimum absolute atomic E-state index is 0.279. The maximum atomic E-state index is 9.38. The van der Waals surface area contributed by atoms with E-state index in [9.17, 15) is 5.26 Å². The lowest BCUT2D eigenvalue weighted by Gasteiger charge is -2.48. The van der Waals surface area contributed by atoms with Gasteiger partial charge in [0.2, 0.25) is 0 Å². The van der Waals surface area contributed by atoms with Crippen LogP contribution in [-0.4, -0.2) is 58.7 Å². The molecule has 1 saturated heterocycles. The molecule has 0 radical (unpaired) electrons. The maximum Gasteiger partial charge on any atom is 0.155 e. The van der Waals surface area contributed by atoms with Crippen LogP contribution in [0.1, 0.15) is 6.42 Å². The van der Waals surface area contributed by atoms with E-state index in [0.29, 0.717) is 42.4 Å². The zero-order valence-electron chi connectivity index (χ0n) is 16.8. The monoisotopic (exact) mass is 413 g/mol. The lowest BCUT2D eigenvalue weighted by Crippen LogP contribution is -2.62. The summed E-state index contributed by atoms with van der Waals surface area (Å²) in [5.41, 5.74) is 9.52. The van der Waals surface area contributed by atoms with Crippen molar-refractivity contribution in [2.45, 2.75) is 12.0 Å². The SMILES string of the molecule is Cn1cc(-c2cn3nccc3c(-c3cn(C4(CC#N)CN(CC#N)C4)nc3N)n2)cn1. The summed E-state index contributed by atoms with van der Waals surface area (Å²) < 4.78 is 5.23. The summed E-state index contributed by atoms with van der Waals surface area (Å²) >= 11 is 0. The van der Waals surface area contributed by atoms with Gasteiger partial charge in [-0.1, -0.05) is 0 Å². The molecule has 1 fully saturated rings. The van der Waals surface area contributed by atoms with Gasteiger partial charge >= 0.3 is 0 Å². The number of aromatic nitrogens is 7. The van der Waals surface area contributed by atoms with Gasteiger partial charge in [-0.15, -0.1) is 0 Å². The average molecular weight is 413 g/mol. The highest BCUT2D eigenvalue weighted by Gasteiger charge is 2.45. The second kappa shape index (κ2) is 6.93. The number of rotatable bonds is 5. The van der Waals surface area contributed by atoms with Crippen LogP contribution in [0.25, 0.3) is 28.0 Å². The zero-order valence-corrected chi connectivity index (χ0v) is 16.8. The zero-order chi connectivity index (χ0) is 21.6. The van der Waals surface area contributed by atoms with E-state index in [4.69, 9.17) is 16.0 Å². The van der Waals surface area contributed by atoms with Crippen molar-refractivity contribution in [2.75, 3.05) is 25.4 Å². The quantitative estimate of drug-likeness (QED) is 0.478. The third-order valence-corrected chi connectivity index (χ3v) is 5.61. The number of aryl methyl sites for hydroxylation is 1. The molecule has 0 saturated carbocycles. The first kappa shape index (κ1) is 18.8. The Kier molecular flexibility index (Phi) is 4.20. The van der Waals surface area contributed by atoms with E-state index in [1.807, 2.05) is 36.6 Å². The Labute approximate surface area is 177 Å². The van der Waals surface area contributed by atoms with Gasteiger partial charge in [0.15, 0.2) is 5.82 Å². The second-order valence-corrected chi connectivity index (χ2v) is 7.77. The molecular weight excluding hydrogens is 394 g/mol. The van der Waals surface area contributed by atoms with Crippen LogP contribution < -0.4 is 5.73 Å². The van der Waals surface area contributed by atoms with Crippen molar-refractivity contribution in [3.8, 4) is 34.7 Å². The molecule has 0 atom stereocenters. The first-order chi connectivity index (χ1) is 15.0. The van der Waals surface area contributed by atoms with Crippen molar-refractivity contribution in [1.29, 1.82) is 10.5 Å². The molecule has 0 aliphatic carbocycles. The Morgan fingerprint density at radius 2 is 2.00 bits per heavy atom. The number of hydrogen-bond donors (Lipinski definition) is 1. The van der Waals surface area contributed by atoms with Crippen LogP contribution in [0.15, 0.2) is 37.1 Å². The van der Waals surface area contributed by atoms with E-state index in [0.717, 1.165) is 11.1 Å². The van der Waals surface area contributed by atoms with Gasteiger partial charge in [-0.2, -0.15) is 25.8 Å². The van der Waals surface area contributed by atoms with Crippen LogP contribution in [0, 0.1) is 22.7 Å². The molecule has 31 heavy (non-hydrogen) atoms. The third kappa shape index (κ3) is 2.99. The Morgan fingerprint density at radius 1 is 1.16 bits per heavy atom. The summed E-state index contributed by atoms with van der Waals surface area (Å²) in [6.07, 6.45) is 9.30. The van der Waals surface area contributed by atoms with E-state index < -0.39 is 5.54 Å². The summed E-state index contributed by atoms with van der Waals surface area (Å²) in [7, 11) is 1.85. The molecule has 1 aliphatic rings. The van der Waals surface area contributed by atoms with Crippen LogP contribution in [-0.2, 0) is 12.6 Å². The van der Waals surface area contributed by atoms with Crippen LogP contribution in [0.4, 0.5) is 5.82 Å². The van der Waals surface area contributed by atoms with Gasteiger partial charge < -0.3 is 5.73 Å². The molecular formula is C20H19N11. The highest BCUT2D eigenvalue weighted by molar-refractivity contribution is 5.83. The summed E-state index contributed by atoms with van der Waals surface area (Å²) in [4.78, 5) is 6.83. The minimum Gasteiger partial charge on any atom is -0.382 e. The van der Waals surface area contributed by atoms with Gasteiger partial charge in [-0.05, 0) is 6.07 Å². The number of nitriles is 2. The lowest BCUT2D eigenvalue weighted by molar-refractivity contribution is 0.0159. The highest BCUT2D eigenvalue weighted by atomic mass is 15.4. The van der Waals surface area contributed by atoms with Gasteiger partial charge in [-0.3, -0.25) is 14.3 Å². The van der Waals surface area contributed by atoms with Gasteiger partial charge in [0, 0.05) is 38.1 Å². The van der Waals surface area contributed by atoms with Crippen LogP contribution in [0.5, 0.6) is 0 Å². The van der Waals surface area contributed by atoms with Crippen molar-refractivity contribution in [3.05, 3.63) is 37.1 Å². The smallest absolute Gasteiger partial charge is 0.155 e. The van der Waals surface area contributed by atoms with Crippen LogP contribution >= 0.6 is 0 Å². The van der Waals surface area contributed by atoms with Gasteiger partial charge in [0.25, 0.3) is 0 Å². The lowest BCUT2D eigenvalue weighted by atomic mass is 9.87. The molecule has 4 aromatic rings. The number of nitrogens with zero attached hydrogens (tertiary/aromatic N) is 10. The van der Waals surface area contributed by atoms with Crippen molar-refractivity contribution in [1.82, 2.24) is 39.1 Å². The number of likely N-dealkylation sites (tertiary alicyclic amines) is 1. The van der Waals surface area contributed by atoms with Crippen molar-refractivity contribution >= 4 is 11.3 Å². The molecule has 1 aliphatic heterocycles. The topological polar surface area (TPSA) is 143 Å². The standard InChI is InChI=1S/C20H19N11/c1-28-9-14(8-25-28)16-11-30-17(2-6-24-30)18(26-16)15-10-31(27-19(15)23)20(3-4-21)12-29(13-20)7-5-22/h2,6,8-11H,3,7,12-13H2,1H3,(H2,23,27). The van der Waals surface area contributed by atoms with Crippen LogP contribution in [0.2, 0.25) is 0 Å². The Balaban J connectivity index is 1.60. The first-order valence-electron chi connectivity index (χ1n) is 9.69. The third-order valence-electron chi connectivity index (χ3n) is 5.61. The number of anilines is 1. The Morgan fingerprint density at radius 3 is 2.71 bits per heavy atom. The molecule has 0 spiro atoms. The predicted molar refractivity (Wildman–Crippen MR) is 111 cm³/mol. The summed E-state index contributed by atoms with van der Waals surface area (Å²) in [6.45, 7) is 1.46. The van der Waals surface area contributed by atoms with Gasteiger partial charge in [-0.25, -0.2) is 9.50 Å². The predicted octanol–water partition coefficient (Wildman–Crippen LogP) is 1.02. The van der Waals surface area contributed by atoms with E-state index >= 15 is 0 Å². The molecule has 5 rings (SSSR count). The number of fused-ring (bicyclic) bond motifs is 1. The fourth-order valence-corrected chi connectivity index (χ4v) is 4.11. The number of hydrogen-bond acceptors (Lipinski definition) is 8. The second-order valence-electron chi connectivity index (χ2n) is 7.77. The summed E-state index contributed by atoms with van der Waals surface area (Å²) in [6, 6.07) is 6.26. The fourth-order valence-electron chi connectivity index (χ4n) is 4.11. The van der Waals surface area contributed by atoms with Crippen molar-refractivity contribution in [3.63, 3.8) is 0 Å². The molecule has 11 heteroatoms. The molecule has 4 aromatic heterocycles. The van der Waals surface area contributed by atoms with E-state index in [2.05, 4.69) is 27.4 Å². The van der Waals surface area contributed by atoms with E-state index in [1.165, 1.54) is 0 Å². The molecule has 2 N–H and O–H groups in total. The minimum atomic E-state index is -0.505. The van der Waals surface area contributed by atoms with E-state index in [1.54, 1.807) is 26.3 Å². The average Bonchev–Trinajstić information content (AvgIpc) is 3.45. The van der Waals surface area contributed by atoms with Gasteiger partial charge in [0.1, 0.15) is 11.2 Å². The number of nitrogen functional groups attached to an aromatic ring is 1. The largest absolute Gasteiger partial charge is 0.382 e. The molecule has 0 bridgehead atoms. The number of nitrogens with two attached hydrogens (primary N) is 1. The summed E-state index contributed by atoms with van der Waals surface area (Å²) in [5.74, 6) is 0.329. The maximum absolute atomic E-state index is 9.38. The molecule has 0 amide bonds. The molecule has 154 valence electrons. The Bertz CT molecular complexity index is 1350. The molecule has 0 aromatic carbocycles. The highest BCUT2D eigenvalue weighted by Crippen LogP contribution is 2.36. The fraction of sp³-hybridized carbons (Fsp3) is 0.300. The summed E-state index contributed by atoms with van der Waals surface area (Å²) in [5, 5.41) is 31.5.